The Bertz CT molecular complexity index is 452. The van der Waals surface area contributed by atoms with Crippen molar-refractivity contribution in [1.29, 1.82) is 0 Å². The van der Waals surface area contributed by atoms with E-state index in [-0.39, 0.29) is 6.10 Å². The van der Waals surface area contributed by atoms with Crippen LogP contribution in [0.1, 0.15) is 30.9 Å². The van der Waals surface area contributed by atoms with Crippen LogP contribution in [0, 0.1) is 6.92 Å². The van der Waals surface area contributed by atoms with E-state index in [1.54, 1.807) is 6.92 Å². The molecule has 0 bridgehead atoms. The van der Waals surface area contributed by atoms with Gasteiger partial charge in [-0.3, -0.25) is 0 Å². The van der Waals surface area contributed by atoms with E-state index >= 15 is 0 Å². The summed E-state index contributed by atoms with van der Waals surface area (Å²) in [5.41, 5.74) is -0.539. The van der Waals surface area contributed by atoms with Crippen LogP contribution in [0.5, 0.6) is 5.75 Å². The third kappa shape index (κ3) is 1.00. The maximum atomic E-state index is 10.5. The van der Waals surface area contributed by atoms with Crippen LogP contribution in [0.15, 0.2) is 18.2 Å². The van der Waals surface area contributed by atoms with Crippen LogP contribution < -0.4 is 4.74 Å². The third-order valence-electron chi connectivity index (χ3n) is 4.09. The Labute approximate surface area is 94.7 Å². The van der Waals surface area contributed by atoms with Crippen molar-refractivity contribution >= 4 is 0 Å². The van der Waals surface area contributed by atoms with Crippen LogP contribution in [0.2, 0.25) is 0 Å². The van der Waals surface area contributed by atoms with Gasteiger partial charge in [0.05, 0.1) is 0 Å². The Kier molecular flexibility index (Phi) is 1.76. The summed E-state index contributed by atoms with van der Waals surface area (Å²) in [5.74, 6) is 0.708. The molecule has 1 aromatic carbocycles. The number of ether oxygens (including phenoxy) is 1. The fourth-order valence-electron chi connectivity index (χ4n) is 2.76. The van der Waals surface area contributed by atoms with E-state index in [1.165, 1.54) is 0 Å². The molecule has 1 heterocycles. The quantitative estimate of drug-likeness (QED) is 0.696. The lowest BCUT2D eigenvalue weighted by Gasteiger charge is -2.56. The van der Waals surface area contributed by atoms with Crippen molar-refractivity contribution < 1.29 is 14.9 Å². The molecule has 1 aliphatic carbocycles. The van der Waals surface area contributed by atoms with Crippen molar-refractivity contribution in [2.24, 2.45) is 0 Å². The molecule has 16 heavy (non-hydrogen) atoms. The summed E-state index contributed by atoms with van der Waals surface area (Å²) in [6.07, 6.45) is 1.13. The average Bonchev–Trinajstić information content (AvgIpc) is 2.21. The number of fused-ring (bicyclic) bond motifs is 2. The summed E-state index contributed by atoms with van der Waals surface area (Å²) in [5, 5.41) is 20.9. The Balaban J connectivity index is 2.18. The summed E-state index contributed by atoms with van der Waals surface area (Å²) in [7, 11) is 0. The summed E-state index contributed by atoms with van der Waals surface area (Å²) in [6, 6.07) is 5.69. The van der Waals surface area contributed by atoms with E-state index in [4.69, 9.17) is 4.74 Å². The van der Waals surface area contributed by atoms with E-state index in [0.717, 1.165) is 12.0 Å². The molecule has 2 aliphatic rings. The molecule has 3 nitrogen and oxygen atoms in total. The van der Waals surface area contributed by atoms with Crippen molar-refractivity contribution in [3.63, 3.8) is 0 Å². The van der Waals surface area contributed by atoms with Gasteiger partial charge in [-0.15, -0.1) is 0 Å². The summed E-state index contributed by atoms with van der Waals surface area (Å²) in [4.78, 5) is 0. The Morgan fingerprint density at radius 1 is 1.38 bits per heavy atom. The second-order valence-electron chi connectivity index (χ2n) is 5.14. The monoisotopic (exact) mass is 220 g/mol. The van der Waals surface area contributed by atoms with Crippen LogP contribution >= 0.6 is 0 Å². The lowest BCUT2D eigenvalue weighted by Crippen LogP contribution is -2.68. The number of hydrogen-bond acceptors (Lipinski definition) is 3. The molecular formula is C13H16O3. The van der Waals surface area contributed by atoms with Crippen molar-refractivity contribution in [1.82, 2.24) is 0 Å². The molecule has 1 saturated carbocycles. The van der Waals surface area contributed by atoms with E-state index < -0.39 is 11.2 Å². The first-order chi connectivity index (χ1) is 7.45. The molecule has 3 atom stereocenters. The standard InChI is InChI=1S/C13H16O3/c1-8-3-4-9-10(7-8)16-11-5-6-13(11,15)12(9,2)14/h3-4,7,11,14-15H,5-6H2,1-2H3/t11-,12-,13-/m0/s1. The number of hydrogen-bond donors (Lipinski definition) is 2. The largest absolute Gasteiger partial charge is 0.487 e. The summed E-state index contributed by atoms with van der Waals surface area (Å²) >= 11 is 0. The van der Waals surface area contributed by atoms with Gasteiger partial charge in [-0.1, -0.05) is 12.1 Å². The van der Waals surface area contributed by atoms with Crippen molar-refractivity contribution in [2.75, 3.05) is 0 Å². The topological polar surface area (TPSA) is 49.7 Å². The minimum absolute atomic E-state index is 0.267. The lowest BCUT2D eigenvalue weighted by molar-refractivity contribution is -0.253. The molecule has 1 aliphatic heterocycles. The number of aliphatic hydroxyl groups is 2. The van der Waals surface area contributed by atoms with Gasteiger partial charge in [0.1, 0.15) is 23.1 Å². The lowest BCUT2D eigenvalue weighted by atomic mass is 9.62. The van der Waals surface area contributed by atoms with Gasteiger partial charge in [0.15, 0.2) is 0 Å². The maximum Gasteiger partial charge on any atom is 0.134 e. The summed E-state index contributed by atoms with van der Waals surface area (Å²) < 4.78 is 5.74. The van der Waals surface area contributed by atoms with Gasteiger partial charge in [0.25, 0.3) is 0 Å². The molecule has 0 unspecified atom stereocenters. The molecule has 0 saturated heterocycles. The molecule has 0 radical (unpaired) electrons. The zero-order valence-electron chi connectivity index (χ0n) is 9.53. The number of aryl methyl sites for hydroxylation is 1. The van der Waals surface area contributed by atoms with Gasteiger partial charge in [-0.05, 0) is 38.3 Å². The first kappa shape index (κ1) is 10.1. The molecule has 2 N–H and O–H groups in total. The molecule has 86 valence electrons. The normalized spacial score (nSPS) is 40.4. The number of rotatable bonds is 0. The van der Waals surface area contributed by atoms with Crippen LogP contribution in [0.4, 0.5) is 0 Å². The van der Waals surface area contributed by atoms with Crippen LogP contribution in [-0.2, 0) is 5.60 Å². The Morgan fingerprint density at radius 2 is 2.12 bits per heavy atom. The van der Waals surface area contributed by atoms with Crippen LogP contribution in [-0.4, -0.2) is 21.9 Å². The van der Waals surface area contributed by atoms with Gasteiger partial charge in [-0.2, -0.15) is 0 Å². The first-order valence-corrected chi connectivity index (χ1v) is 5.68. The molecule has 1 fully saturated rings. The number of benzene rings is 1. The Hall–Kier alpha value is -1.06. The molecule has 3 heteroatoms. The fraction of sp³-hybridized carbons (Fsp3) is 0.538. The molecule has 0 aromatic heterocycles. The minimum Gasteiger partial charge on any atom is -0.487 e. The van der Waals surface area contributed by atoms with Gasteiger partial charge >= 0.3 is 0 Å². The SMILES string of the molecule is Cc1ccc2c(c1)O[C@H]1CC[C@@]1(O)[C@@]2(C)O. The minimum atomic E-state index is -1.21. The fourth-order valence-corrected chi connectivity index (χ4v) is 2.76. The highest BCUT2D eigenvalue weighted by atomic mass is 16.5. The van der Waals surface area contributed by atoms with Gasteiger partial charge in [0, 0.05) is 5.56 Å². The molecule has 1 aromatic rings. The summed E-state index contributed by atoms with van der Waals surface area (Å²) in [6.45, 7) is 3.66. The third-order valence-corrected chi connectivity index (χ3v) is 4.09. The molecule has 0 spiro atoms. The van der Waals surface area contributed by atoms with E-state index in [9.17, 15) is 10.2 Å². The van der Waals surface area contributed by atoms with Crippen molar-refractivity contribution in [3.05, 3.63) is 29.3 Å². The first-order valence-electron chi connectivity index (χ1n) is 5.68. The average molecular weight is 220 g/mol. The van der Waals surface area contributed by atoms with E-state index in [0.29, 0.717) is 17.7 Å². The van der Waals surface area contributed by atoms with Gasteiger partial charge in [0.2, 0.25) is 0 Å². The second kappa shape index (κ2) is 2.79. The molecule has 0 amide bonds. The van der Waals surface area contributed by atoms with Crippen molar-refractivity contribution in [2.45, 2.75) is 44.0 Å². The van der Waals surface area contributed by atoms with Crippen LogP contribution in [0.25, 0.3) is 0 Å². The molecular weight excluding hydrogens is 204 g/mol. The highest BCUT2D eigenvalue weighted by Gasteiger charge is 2.62. The smallest absolute Gasteiger partial charge is 0.134 e. The predicted molar refractivity (Wildman–Crippen MR) is 59.3 cm³/mol. The van der Waals surface area contributed by atoms with Gasteiger partial charge in [-0.25, -0.2) is 0 Å². The van der Waals surface area contributed by atoms with Crippen molar-refractivity contribution in [3.8, 4) is 5.75 Å². The van der Waals surface area contributed by atoms with Crippen LogP contribution in [0.3, 0.4) is 0 Å². The van der Waals surface area contributed by atoms with Gasteiger partial charge < -0.3 is 14.9 Å². The molecule has 3 rings (SSSR count). The maximum absolute atomic E-state index is 10.5. The zero-order chi connectivity index (χ0) is 11.6. The van der Waals surface area contributed by atoms with E-state index in [1.807, 2.05) is 25.1 Å². The Morgan fingerprint density at radius 3 is 2.75 bits per heavy atom. The highest BCUT2D eigenvalue weighted by Crippen LogP contribution is 2.53. The highest BCUT2D eigenvalue weighted by molar-refractivity contribution is 5.46. The second-order valence-corrected chi connectivity index (χ2v) is 5.14. The predicted octanol–water partition coefficient (Wildman–Crippen LogP) is 1.49. The van der Waals surface area contributed by atoms with E-state index in [2.05, 4.69) is 0 Å². The zero-order valence-corrected chi connectivity index (χ0v) is 9.53.